The summed E-state index contributed by atoms with van der Waals surface area (Å²) in [5.41, 5.74) is -0.240. The second-order valence-electron chi connectivity index (χ2n) is 4.28. The maximum Gasteiger partial charge on any atom is 0.154 e. The van der Waals surface area contributed by atoms with Gasteiger partial charge in [-0.2, -0.15) is 0 Å². The van der Waals surface area contributed by atoms with Crippen LogP contribution < -0.4 is 5.32 Å². The summed E-state index contributed by atoms with van der Waals surface area (Å²) in [4.78, 5) is 0. The fourth-order valence-electron chi connectivity index (χ4n) is 1.62. The molecule has 2 N–H and O–H groups in total. The van der Waals surface area contributed by atoms with Crippen LogP contribution in [0.5, 0.6) is 0 Å². The van der Waals surface area contributed by atoms with Gasteiger partial charge in [0.15, 0.2) is 4.60 Å². The molecule has 1 heterocycles. The molecule has 1 aromatic heterocycles. The molecule has 0 spiro atoms. The largest absolute Gasteiger partial charge is 0.382 e. The minimum atomic E-state index is -0.945. The highest BCUT2D eigenvalue weighted by molar-refractivity contribution is 9.10. The maximum atomic E-state index is 10.3. The van der Waals surface area contributed by atoms with Gasteiger partial charge in [-0.3, -0.25) is 0 Å². The van der Waals surface area contributed by atoms with Gasteiger partial charge in [0.2, 0.25) is 0 Å². The lowest BCUT2D eigenvalue weighted by Gasteiger charge is -2.23. The van der Waals surface area contributed by atoms with Crippen LogP contribution in [0.4, 0.5) is 0 Å². The molecule has 6 heteroatoms. The van der Waals surface area contributed by atoms with Gasteiger partial charge in [-0.15, -0.1) is 5.10 Å². The molecule has 1 aliphatic rings. The quantitative estimate of drug-likeness (QED) is 0.841. The summed E-state index contributed by atoms with van der Waals surface area (Å²) < 4.78 is 2.20. The van der Waals surface area contributed by atoms with Crippen LogP contribution in [0, 0.1) is 0 Å². The predicted molar refractivity (Wildman–Crippen MR) is 59.3 cm³/mol. The van der Waals surface area contributed by atoms with Gasteiger partial charge in [0, 0.05) is 19.6 Å². The third-order valence-corrected chi connectivity index (χ3v) is 3.14. The van der Waals surface area contributed by atoms with E-state index in [9.17, 15) is 5.11 Å². The summed E-state index contributed by atoms with van der Waals surface area (Å²) >= 11 is 3.29. The number of aromatic nitrogens is 3. The zero-order valence-electron chi connectivity index (χ0n) is 8.87. The van der Waals surface area contributed by atoms with Gasteiger partial charge in [-0.05, 0) is 35.7 Å². The van der Waals surface area contributed by atoms with Gasteiger partial charge in [0.1, 0.15) is 11.3 Å². The Hall–Kier alpha value is -0.460. The van der Waals surface area contributed by atoms with Crippen molar-refractivity contribution in [2.24, 2.45) is 7.05 Å². The first-order valence-electron chi connectivity index (χ1n) is 5.02. The van der Waals surface area contributed by atoms with Gasteiger partial charge >= 0.3 is 0 Å². The summed E-state index contributed by atoms with van der Waals surface area (Å²) in [6.45, 7) is 2.29. The van der Waals surface area contributed by atoms with Crippen molar-refractivity contribution in [3.8, 4) is 0 Å². The van der Waals surface area contributed by atoms with Crippen molar-refractivity contribution in [3.05, 3.63) is 10.3 Å². The van der Waals surface area contributed by atoms with Crippen LogP contribution in [0.3, 0.4) is 0 Å². The third-order valence-electron chi connectivity index (χ3n) is 2.61. The number of halogens is 1. The Morgan fingerprint density at radius 1 is 1.67 bits per heavy atom. The fraction of sp³-hybridized carbons (Fsp3) is 0.778. The summed E-state index contributed by atoms with van der Waals surface area (Å²) in [5, 5.41) is 21.3. The third kappa shape index (κ3) is 2.38. The highest BCUT2D eigenvalue weighted by atomic mass is 79.9. The molecular weight excluding hydrogens is 260 g/mol. The average molecular weight is 275 g/mol. The number of nitrogens with zero attached hydrogens (tertiary/aromatic N) is 3. The van der Waals surface area contributed by atoms with Crippen LogP contribution in [-0.4, -0.2) is 32.7 Å². The molecule has 1 fully saturated rings. The van der Waals surface area contributed by atoms with Crippen LogP contribution in [0.15, 0.2) is 4.60 Å². The van der Waals surface area contributed by atoms with Crippen LogP contribution in [0.25, 0.3) is 0 Å². The van der Waals surface area contributed by atoms with Gasteiger partial charge in [-0.25, -0.2) is 4.68 Å². The SMILES string of the molecule is Cn1nnc(Br)c1C(C)(O)CNC1CC1. The van der Waals surface area contributed by atoms with Crippen LogP contribution in [-0.2, 0) is 12.6 Å². The van der Waals surface area contributed by atoms with Crippen molar-refractivity contribution < 1.29 is 5.11 Å². The summed E-state index contributed by atoms with van der Waals surface area (Å²) in [6, 6.07) is 0.580. The van der Waals surface area contributed by atoms with E-state index in [4.69, 9.17) is 0 Å². The molecule has 0 saturated heterocycles. The second kappa shape index (κ2) is 3.84. The Morgan fingerprint density at radius 2 is 2.33 bits per heavy atom. The molecule has 1 aliphatic carbocycles. The molecule has 1 aromatic rings. The lowest BCUT2D eigenvalue weighted by molar-refractivity contribution is 0.0474. The van der Waals surface area contributed by atoms with E-state index in [0.29, 0.717) is 22.9 Å². The molecule has 1 unspecified atom stereocenters. The number of aryl methyl sites for hydroxylation is 1. The summed E-state index contributed by atoms with van der Waals surface area (Å²) in [6.07, 6.45) is 2.42. The highest BCUT2D eigenvalue weighted by Crippen LogP contribution is 2.27. The van der Waals surface area contributed by atoms with E-state index >= 15 is 0 Å². The molecular formula is C9H15BrN4O. The molecule has 0 radical (unpaired) electrons. The Morgan fingerprint density at radius 3 is 2.80 bits per heavy atom. The van der Waals surface area contributed by atoms with Gasteiger partial charge in [0.25, 0.3) is 0 Å². The average Bonchev–Trinajstić information content (AvgIpc) is 2.90. The van der Waals surface area contributed by atoms with E-state index in [1.54, 1.807) is 18.7 Å². The lowest BCUT2D eigenvalue weighted by atomic mass is 10.0. The topological polar surface area (TPSA) is 63.0 Å². The Bertz CT molecular complexity index is 339. The molecule has 0 amide bonds. The molecule has 0 aliphatic heterocycles. The van der Waals surface area contributed by atoms with Crippen molar-refractivity contribution in [2.45, 2.75) is 31.4 Å². The highest BCUT2D eigenvalue weighted by Gasteiger charge is 2.32. The molecule has 5 nitrogen and oxygen atoms in total. The Balaban J connectivity index is 2.11. The van der Waals surface area contributed by atoms with Gasteiger partial charge in [0.05, 0.1) is 0 Å². The van der Waals surface area contributed by atoms with E-state index < -0.39 is 5.60 Å². The van der Waals surface area contributed by atoms with E-state index in [1.807, 2.05) is 0 Å². The minimum Gasteiger partial charge on any atom is -0.382 e. The lowest BCUT2D eigenvalue weighted by Crippen LogP contribution is -2.38. The second-order valence-corrected chi connectivity index (χ2v) is 5.03. The Labute approximate surface area is 97.0 Å². The van der Waals surface area contributed by atoms with Crippen molar-refractivity contribution in [1.82, 2.24) is 20.3 Å². The number of aliphatic hydroxyl groups is 1. The zero-order chi connectivity index (χ0) is 11.1. The molecule has 1 saturated carbocycles. The molecule has 0 aromatic carbocycles. The molecule has 0 bridgehead atoms. The van der Waals surface area contributed by atoms with Gasteiger partial charge < -0.3 is 10.4 Å². The monoisotopic (exact) mass is 274 g/mol. The maximum absolute atomic E-state index is 10.3. The summed E-state index contributed by atoms with van der Waals surface area (Å²) in [7, 11) is 1.78. The number of nitrogens with one attached hydrogen (secondary N) is 1. The van der Waals surface area contributed by atoms with Crippen molar-refractivity contribution in [1.29, 1.82) is 0 Å². The zero-order valence-corrected chi connectivity index (χ0v) is 10.5. The molecule has 84 valence electrons. The Kier molecular flexibility index (Phi) is 2.83. The minimum absolute atomic E-state index is 0.525. The molecule has 15 heavy (non-hydrogen) atoms. The number of hydrogen-bond donors (Lipinski definition) is 2. The first-order chi connectivity index (χ1) is 7.00. The van der Waals surface area contributed by atoms with E-state index in [-0.39, 0.29) is 0 Å². The fourth-order valence-corrected chi connectivity index (χ4v) is 2.37. The number of hydrogen-bond acceptors (Lipinski definition) is 4. The smallest absolute Gasteiger partial charge is 0.154 e. The summed E-state index contributed by atoms with van der Waals surface area (Å²) in [5.74, 6) is 0. The van der Waals surface area contributed by atoms with Crippen LogP contribution in [0.1, 0.15) is 25.5 Å². The number of rotatable bonds is 4. The van der Waals surface area contributed by atoms with Crippen LogP contribution in [0.2, 0.25) is 0 Å². The van der Waals surface area contributed by atoms with E-state index in [1.165, 1.54) is 12.8 Å². The first-order valence-corrected chi connectivity index (χ1v) is 5.81. The predicted octanol–water partition coefficient (Wildman–Crippen LogP) is 0.537. The molecule has 2 rings (SSSR count). The standard InChI is InChI=1S/C9H15BrN4O/c1-9(15,5-11-6-3-4-6)7-8(10)12-13-14(7)2/h6,11,15H,3-5H2,1-2H3. The van der Waals surface area contributed by atoms with Crippen molar-refractivity contribution in [2.75, 3.05) is 6.54 Å². The van der Waals surface area contributed by atoms with Crippen molar-refractivity contribution in [3.63, 3.8) is 0 Å². The van der Waals surface area contributed by atoms with E-state index in [2.05, 4.69) is 31.6 Å². The first kappa shape index (κ1) is 11.0. The normalized spacial score (nSPS) is 20.3. The van der Waals surface area contributed by atoms with Crippen molar-refractivity contribution >= 4 is 15.9 Å². The van der Waals surface area contributed by atoms with Crippen LogP contribution >= 0.6 is 15.9 Å². The van der Waals surface area contributed by atoms with E-state index in [0.717, 1.165) is 0 Å². The van der Waals surface area contributed by atoms with Gasteiger partial charge in [-0.1, -0.05) is 5.21 Å². The molecule has 1 atom stereocenters.